The summed E-state index contributed by atoms with van der Waals surface area (Å²) in [6.45, 7) is 4.86. The number of hydrogen-bond donors (Lipinski definition) is 1. The second kappa shape index (κ2) is 7.13. The van der Waals surface area contributed by atoms with Gasteiger partial charge in [-0.3, -0.25) is 4.79 Å². The van der Waals surface area contributed by atoms with E-state index < -0.39 is 0 Å². The Labute approximate surface area is 142 Å². The standard InChI is InChI=1S/C20H21N3O/c1-3-17-6-4-5-15(2)19(17)22-20(24)18-9-7-16(8-10-18)13-23-12-11-21-14-23/h4-12,14H,3,13H2,1-2H3,(H,22,24). The second-order valence-corrected chi connectivity index (χ2v) is 5.85. The minimum Gasteiger partial charge on any atom is -0.333 e. The molecule has 0 radical (unpaired) electrons. The van der Waals surface area contributed by atoms with Gasteiger partial charge in [0.2, 0.25) is 0 Å². The predicted molar refractivity (Wildman–Crippen MR) is 96.3 cm³/mol. The maximum atomic E-state index is 12.5. The number of aryl methyl sites for hydroxylation is 2. The van der Waals surface area contributed by atoms with Gasteiger partial charge >= 0.3 is 0 Å². The van der Waals surface area contributed by atoms with Crippen LogP contribution in [0, 0.1) is 6.92 Å². The van der Waals surface area contributed by atoms with Gasteiger partial charge in [-0.2, -0.15) is 0 Å². The molecular formula is C20H21N3O. The molecule has 4 nitrogen and oxygen atoms in total. The fourth-order valence-corrected chi connectivity index (χ4v) is 2.74. The number of carbonyl (C=O) groups is 1. The smallest absolute Gasteiger partial charge is 0.255 e. The molecule has 3 rings (SSSR count). The van der Waals surface area contributed by atoms with Crippen LogP contribution in [0.1, 0.15) is 34.0 Å². The van der Waals surface area contributed by atoms with Crippen molar-refractivity contribution in [1.29, 1.82) is 0 Å². The van der Waals surface area contributed by atoms with Crippen LogP contribution in [0.25, 0.3) is 0 Å². The molecular weight excluding hydrogens is 298 g/mol. The number of hydrogen-bond acceptors (Lipinski definition) is 2. The van der Waals surface area contributed by atoms with Crippen LogP contribution >= 0.6 is 0 Å². The van der Waals surface area contributed by atoms with Gasteiger partial charge in [-0.25, -0.2) is 4.98 Å². The van der Waals surface area contributed by atoms with Crippen LogP contribution in [0.2, 0.25) is 0 Å². The quantitative estimate of drug-likeness (QED) is 0.771. The molecule has 0 saturated heterocycles. The molecule has 0 aliphatic rings. The summed E-state index contributed by atoms with van der Waals surface area (Å²) >= 11 is 0. The Morgan fingerprint density at radius 2 is 1.96 bits per heavy atom. The molecule has 24 heavy (non-hydrogen) atoms. The molecule has 1 heterocycles. The lowest BCUT2D eigenvalue weighted by Gasteiger charge is -2.13. The van der Waals surface area contributed by atoms with Crippen molar-refractivity contribution in [2.24, 2.45) is 0 Å². The summed E-state index contributed by atoms with van der Waals surface area (Å²) in [6.07, 6.45) is 6.35. The fourth-order valence-electron chi connectivity index (χ4n) is 2.74. The number of para-hydroxylation sites is 1. The molecule has 3 aromatic rings. The highest BCUT2D eigenvalue weighted by molar-refractivity contribution is 6.05. The first kappa shape index (κ1) is 16.0. The van der Waals surface area contributed by atoms with E-state index in [0.717, 1.165) is 35.3 Å². The zero-order valence-corrected chi connectivity index (χ0v) is 14.0. The Bertz CT molecular complexity index is 821. The predicted octanol–water partition coefficient (Wildman–Crippen LogP) is 4.05. The molecule has 0 bridgehead atoms. The van der Waals surface area contributed by atoms with Crippen LogP contribution in [-0.2, 0) is 13.0 Å². The van der Waals surface area contributed by atoms with Gasteiger partial charge in [-0.1, -0.05) is 37.3 Å². The first-order valence-corrected chi connectivity index (χ1v) is 8.12. The SMILES string of the molecule is CCc1cccc(C)c1NC(=O)c1ccc(Cn2ccnc2)cc1. The number of benzene rings is 2. The number of amides is 1. The van der Waals surface area contributed by atoms with Gasteiger partial charge in [-0.15, -0.1) is 0 Å². The highest BCUT2D eigenvalue weighted by Gasteiger charge is 2.10. The Kier molecular flexibility index (Phi) is 4.75. The molecule has 4 heteroatoms. The van der Waals surface area contributed by atoms with Gasteiger partial charge < -0.3 is 9.88 Å². The minimum atomic E-state index is -0.0758. The molecule has 0 spiro atoms. The maximum Gasteiger partial charge on any atom is 0.255 e. The van der Waals surface area contributed by atoms with Crippen molar-refractivity contribution in [2.75, 3.05) is 5.32 Å². The molecule has 0 atom stereocenters. The van der Waals surface area contributed by atoms with Crippen molar-refractivity contribution in [3.8, 4) is 0 Å². The topological polar surface area (TPSA) is 46.9 Å². The summed E-state index contributed by atoms with van der Waals surface area (Å²) in [7, 11) is 0. The Balaban J connectivity index is 1.74. The molecule has 2 aromatic carbocycles. The normalized spacial score (nSPS) is 10.6. The van der Waals surface area contributed by atoms with E-state index in [1.54, 1.807) is 12.5 Å². The molecule has 1 amide bonds. The Hall–Kier alpha value is -2.88. The zero-order chi connectivity index (χ0) is 16.9. The zero-order valence-electron chi connectivity index (χ0n) is 14.0. The molecule has 1 aromatic heterocycles. The maximum absolute atomic E-state index is 12.5. The average Bonchev–Trinajstić information content (AvgIpc) is 3.10. The number of imidazole rings is 1. The number of anilines is 1. The number of nitrogens with zero attached hydrogens (tertiary/aromatic N) is 2. The van der Waals surface area contributed by atoms with Crippen molar-refractivity contribution in [3.05, 3.63) is 83.4 Å². The van der Waals surface area contributed by atoms with E-state index in [9.17, 15) is 4.79 Å². The van der Waals surface area contributed by atoms with Crippen molar-refractivity contribution in [2.45, 2.75) is 26.8 Å². The average molecular weight is 319 g/mol. The third kappa shape index (κ3) is 3.54. The fraction of sp³-hybridized carbons (Fsp3) is 0.200. The summed E-state index contributed by atoms with van der Waals surface area (Å²) in [5.41, 5.74) is 4.95. The van der Waals surface area contributed by atoms with E-state index in [2.05, 4.69) is 23.3 Å². The van der Waals surface area contributed by atoms with E-state index in [-0.39, 0.29) is 5.91 Å². The van der Waals surface area contributed by atoms with E-state index in [0.29, 0.717) is 5.56 Å². The number of nitrogens with one attached hydrogen (secondary N) is 1. The second-order valence-electron chi connectivity index (χ2n) is 5.85. The summed E-state index contributed by atoms with van der Waals surface area (Å²) in [6, 6.07) is 13.8. The van der Waals surface area contributed by atoms with Gasteiger partial charge in [0.15, 0.2) is 0 Å². The molecule has 0 fully saturated rings. The van der Waals surface area contributed by atoms with Crippen LogP contribution in [0.4, 0.5) is 5.69 Å². The third-order valence-electron chi connectivity index (χ3n) is 4.12. The highest BCUT2D eigenvalue weighted by atomic mass is 16.1. The number of aromatic nitrogens is 2. The largest absolute Gasteiger partial charge is 0.333 e. The monoisotopic (exact) mass is 319 g/mol. The highest BCUT2D eigenvalue weighted by Crippen LogP contribution is 2.22. The third-order valence-corrected chi connectivity index (χ3v) is 4.12. The van der Waals surface area contributed by atoms with Crippen molar-refractivity contribution in [1.82, 2.24) is 9.55 Å². The van der Waals surface area contributed by atoms with E-state index >= 15 is 0 Å². The van der Waals surface area contributed by atoms with Crippen LogP contribution in [0.15, 0.2) is 61.2 Å². The van der Waals surface area contributed by atoms with Gasteiger partial charge in [0.25, 0.3) is 5.91 Å². The van der Waals surface area contributed by atoms with Crippen LogP contribution < -0.4 is 5.32 Å². The molecule has 1 N–H and O–H groups in total. The molecule has 122 valence electrons. The van der Waals surface area contributed by atoms with E-state index in [1.165, 1.54) is 0 Å². The first-order valence-electron chi connectivity index (χ1n) is 8.12. The van der Waals surface area contributed by atoms with Gasteiger partial charge in [0.05, 0.1) is 6.33 Å². The first-order chi connectivity index (χ1) is 11.7. The van der Waals surface area contributed by atoms with Crippen molar-refractivity contribution < 1.29 is 4.79 Å². The van der Waals surface area contributed by atoms with Crippen molar-refractivity contribution in [3.63, 3.8) is 0 Å². The molecule has 0 saturated carbocycles. The Morgan fingerprint density at radius 1 is 1.17 bits per heavy atom. The summed E-state index contributed by atoms with van der Waals surface area (Å²) in [4.78, 5) is 16.6. The van der Waals surface area contributed by atoms with E-state index in [1.807, 2.05) is 54.1 Å². The van der Waals surface area contributed by atoms with Gasteiger partial charge in [0.1, 0.15) is 0 Å². The molecule has 0 unspecified atom stereocenters. The van der Waals surface area contributed by atoms with E-state index in [4.69, 9.17) is 0 Å². The summed E-state index contributed by atoms with van der Waals surface area (Å²) in [5, 5.41) is 3.06. The Morgan fingerprint density at radius 3 is 2.62 bits per heavy atom. The molecule has 0 aliphatic carbocycles. The lowest BCUT2D eigenvalue weighted by atomic mass is 10.0. The lowest BCUT2D eigenvalue weighted by Crippen LogP contribution is -2.14. The molecule has 0 aliphatic heterocycles. The van der Waals surface area contributed by atoms with Crippen LogP contribution in [-0.4, -0.2) is 15.5 Å². The van der Waals surface area contributed by atoms with Crippen LogP contribution in [0.3, 0.4) is 0 Å². The summed E-state index contributed by atoms with van der Waals surface area (Å²) in [5.74, 6) is -0.0758. The van der Waals surface area contributed by atoms with Crippen molar-refractivity contribution >= 4 is 11.6 Å². The van der Waals surface area contributed by atoms with Crippen LogP contribution in [0.5, 0.6) is 0 Å². The van der Waals surface area contributed by atoms with Gasteiger partial charge in [-0.05, 0) is 42.2 Å². The number of rotatable bonds is 5. The lowest BCUT2D eigenvalue weighted by molar-refractivity contribution is 0.102. The number of carbonyl (C=O) groups excluding carboxylic acids is 1. The van der Waals surface area contributed by atoms with Gasteiger partial charge in [0, 0.05) is 30.2 Å². The minimum absolute atomic E-state index is 0.0758. The summed E-state index contributed by atoms with van der Waals surface area (Å²) < 4.78 is 2.00.